The highest BCUT2D eigenvalue weighted by atomic mass is 16.5. The van der Waals surface area contributed by atoms with Gasteiger partial charge in [0.05, 0.1) is 12.6 Å². The third-order valence-corrected chi connectivity index (χ3v) is 4.96. The number of likely N-dealkylation sites (N-methyl/N-ethyl adjacent to an activating group) is 1. The molecule has 0 aromatic rings. The monoisotopic (exact) mass is 312 g/mol. The molecule has 1 saturated carbocycles. The Bertz CT molecular complexity index is 371. The maximum Gasteiger partial charge on any atom is 0.315 e. The lowest BCUT2D eigenvalue weighted by atomic mass is 10.00. The second-order valence-corrected chi connectivity index (χ2v) is 7.31. The van der Waals surface area contributed by atoms with E-state index in [-0.39, 0.29) is 17.6 Å². The zero-order valence-electron chi connectivity index (χ0n) is 14.5. The number of hydrogen-bond donors (Lipinski definition) is 2. The SMILES string of the molecule is COC[C@H](NC(=O)NCCN1CCN(C)C(C)(C)C1)C1CC1. The van der Waals surface area contributed by atoms with Gasteiger partial charge in [0, 0.05) is 45.4 Å². The summed E-state index contributed by atoms with van der Waals surface area (Å²) in [6.07, 6.45) is 2.40. The number of nitrogens with one attached hydrogen (secondary N) is 2. The highest BCUT2D eigenvalue weighted by Gasteiger charge is 2.32. The van der Waals surface area contributed by atoms with Crippen molar-refractivity contribution in [1.29, 1.82) is 0 Å². The number of carbonyl (C=O) groups is 1. The number of hydrogen-bond acceptors (Lipinski definition) is 4. The molecule has 6 heteroatoms. The van der Waals surface area contributed by atoms with Gasteiger partial charge in [-0.05, 0) is 39.7 Å². The van der Waals surface area contributed by atoms with Crippen LogP contribution < -0.4 is 10.6 Å². The molecule has 2 fully saturated rings. The summed E-state index contributed by atoms with van der Waals surface area (Å²) >= 11 is 0. The molecule has 0 aromatic carbocycles. The van der Waals surface area contributed by atoms with E-state index in [2.05, 4.69) is 41.3 Å². The van der Waals surface area contributed by atoms with E-state index in [4.69, 9.17) is 4.74 Å². The van der Waals surface area contributed by atoms with Crippen LogP contribution in [0.2, 0.25) is 0 Å². The van der Waals surface area contributed by atoms with Crippen molar-refractivity contribution in [2.45, 2.75) is 38.3 Å². The maximum absolute atomic E-state index is 12.0. The molecule has 6 nitrogen and oxygen atoms in total. The topological polar surface area (TPSA) is 56.8 Å². The van der Waals surface area contributed by atoms with Gasteiger partial charge in [0.1, 0.15) is 0 Å². The lowest BCUT2D eigenvalue weighted by Crippen LogP contribution is -2.58. The summed E-state index contributed by atoms with van der Waals surface area (Å²) in [4.78, 5) is 16.8. The normalized spacial score (nSPS) is 24.0. The zero-order chi connectivity index (χ0) is 16.2. The summed E-state index contributed by atoms with van der Waals surface area (Å²) < 4.78 is 5.18. The molecular weight excluding hydrogens is 280 g/mol. The number of nitrogens with zero attached hydrogens (tertiary/aromatic N) is 2. The Labute approximate surface area is 134 Å². The highest BCUT2D eigenvalue weighted by molar-refractivity contribution is 5.74. The number of methoxy groups -OCH3 is 1. The van der Waals surface area contributed by atoms with Crippen LogP contribution in [0.3, 0.4) is 0 Å². The first-order valence-corrected chi connectivity index (χ1v) is 8.39. The fourth-order valence-corrected chi connectivity index (χ4v) is 3.05. The van der Waals surface area contributed by atoms with Gasteiger partial charge in [0.2, 0.25) is 0 Å². The van der Waals surface area contributed by atoms with Crippen molar-refractivity contribution in [3.8, 4) is 0 Å². The van der Waals surface area contributed by atoms with E-state index in [0.29, 0.717) is 19.1 Å². The van der Waals surface area contributed by atoms with Gasteiger partial charge in [-0.3, -0.25) is 9.80 Å². The first-order valence-electron chi connectivity index (χ1n) is 8.39. The summed E-state index contributed by atoms with van der Waals surface area (Å²) in [5, 5.41) is 6.02. The number of piperazine rings is 1. The molecule has 1 atom stereocenters. The van der Waals surface area contributed by atoms with Crippen molar-refractivity contribution in [2.24, 2.45) is 5.92 Å². The second kappa shape index (κ2) is 7.62. The Morgan fingerprint density at radius 3 is 2.68 bits per heavy atom. The molecule has 22 heavy (non-hydrogen) atoms. The standard InChI is InChI=1S/C16H32N4O2/c1-16(2)12-20(10-9-19(16)3)8-7-17-15(21)18-14(11-22-4)13-5-6-13/h13-14H,5-12H2,1-4H3,(H2,17,18,21)/t14-/m0/s1. The summed E-state index contributed by atoms with van der Waals surface area (Å²) in [6, 6.07) is 0.0925. The average Bonchev–Trinajstić information content (AvgIpc) is 3.26. The zero-order valence-corrected chi connectivity index (χ0v) is 14.5. The molecule has 2 rings (SSSR count). The molecule has 0 unspecified atom stereocenters. The van der Waals surface area contributed by atoms with E-state index in [9.17, 15) is 4.79 Å². The molecule has 2 aliphatic rings. The van der Waals surface area contributed by atoms with Crippen molar-refractivity contribution < 1.29 is 9.53 Å². The smallest absolute Gasteiger partial charge is 0.315 e. The third-order valence-electron chi connectivity index (χ3n) is 4.96. The molecule has 0 spiro atoms. The van der Waals surface area contributed by atoms with E-state index in [1.807, 2.05) is 0 Å². The Morgan fingerprint density at radius 2 is 2.09 bits per heavy atom. The van der Waals surface area contributed by atoms with Crippen LogP contribution in [0, 0.1) is 5.92 Å². The van der Waals surface area contributed by atoms with Crippen molar-refractivity contribution >= 4 is 6.03 Å². The lowest BCUT2D eigenvalue weighted by Gasteiger charge is -2.45. The molecule has 128 valence electrons. The van der Waals surface area contributed by atoms with Gasteiger partial charge in [-0.2, -0.15) is 0 Å². The fourth-order valence-electron chi connectivity index (χ4n) is 3.05. The van der Waals surface area contributed by atoms with Crippen molar-refractivity contribution in [2.75, 3.05) is 53.5 Å². The number of amides is 2. The Hall–Kier alpha value is -0.850. The highest BCUT2D eigenvalue weighted by Crippen LogP contribution is 2.32. The molecule has 2 amide bonds. The summed E-state index contributed by atoms with van der Waals surface area (Å²) in [6.45, 7) is 9.92. The van der Waals surface area contributed by atoms with Crippen LogP contribution in [0.1, 0.15) is 26.7 Å². The van der Waals surface area contributed by atoms with E-state index >= 15 is 0 Å². The van der Waals surface area contributed by atoms with Crippen LogP contribution >= 0.6 is 0 Å². The molecule has 1 aliphatic heterocycles. The molecule has 0 bridgehead atoms. The van der Waals surface area contributed by atoms with Crippen LogP contribution in [0.4, 0.5) is 4.79 Å². The van der Waals surface area contributed by atoms with Crippen molar-refractivity contribution in [3.05, 3.63) is 0 Å². The summed E-state index contributed by atoms with van der Waals surface area (Å²) in [5.41, 5.74) is 0.204. The minimum absolute atomic E-state index is 0.0673. The molecule has 1 aliphatic carbocycles. The van der Waals surface area contributed by atoms with Crippen LogP contribution in [-0.2, 0) is 4.74 Å². The largest absolute Gasteiger partial charge is 0.383 e. The Kier molecular flexibility index (Phi) is 6.06. The van der Waals surface area contributed by atoms with Gasteiger partial charge in [-0.15, -0.1) is 0 Å². The van der Waals surface area contributed by atoms with Crippen molar-refractivity contribution in [3.63, 3.8) is 0 Å². The molecular formula is C16H32N4O2. The number of rotatable bonds is 7. The minimum atomic E-state index is -0.0673. The van der Waals surface area contributed by atoms with Crippen LogP contribution in [0.15, 0.2) is 0 Å². The number of carbonyl (C=O) groups excluding carboxylic acids is 1. The average molecular weight is 312 g/mol. The van der Waals surface area contributed by atoms with E-state index in [1.165, 1.54) is 12.8 Å². The summed E-state index contributed by atoms with van der Waals surface area (Å²) in [5.74, 6) is 0.601. The van der Waals surface area contributed by atoms with Gasteiger partial charge in [-0.25, -0.2) is 4.79 Å². The van der Waals surface area contributed by atoms with Crippen molar-refractivity contribution in [1.82, 2.24) is 20.4 Å². The third kappa shape index (κ3) is 5.11. The quantitative estimate of drug-likeness (QED) is 0.728. The summed E-state index contributed by atoms with van der Waals surface area (Å²) in [7, 11) is 3.86. The lowest BCUT2D eigenvalue weighted by molar-refractivity contribution is 0.0410. The number of ether oxygens (including phenoxy) is 1. The van der Waals surface area contributed by atoms with Crippen LogP contribution in [0.5, 0.6) is 0 Å². The van der Waals surface area contributed by atoms with Gasteiger partial charge in [-0.1, -0.05) is 0 Å². The van der Waals surface area contributed by atoms with Gasteiger partial charge < -0.3 is 15.4 Å². The second-order valence-electron chi connectivity index (χ2n) is 7.31. The van der Waals surface area contributed by atoms with Gasteiger partial charge in [0.15, 0.2) is 0 Å². The Morgan fingerprint density at radius 1 is 1.36 bits per heavy atom. The molecule has 0 aromatic heterocycles. The number of urea groups is 1. The molecule has 2 N–H and O–H groups in total. The fraction of sp³-hybridized carbons (Fsp3) is 0.938. The van der Waals surface area contributed by atoms with E-state index in [0.717, 1.165) is 26.2 Å². The molecule has 0 radical (unpaired) electrons. The first kappa shape index (κ1) is 17.5. The minimum Gasteiger partial charge on any atom is -0.383 e. The molecule has 1 heterocycles. The predicted octanol–water partition coefficient (Wildman–Crippen LogP) is 0.737. The predicted molar refractivity (Wildman–Crippen MR) is 88.1 cm³/mol. The Balaban J connectivity index is 1.64. The van der Waals surface area contributed by atoms with Gasteiger partial charge in [0.25, 0.3) is 0 Å². The molecule has 1 saturated heterocycles. The van der Waals surface area contributed by atoms with Crippen LogP contribution in [0.25, 0.3) is 0 Å². The maximum atomic E-state index is 12.0. The van der Waals surface area contributed by atoms with Crippen LogP contribution in [-0.4, -0.2) is 80.9 Å². The first-order chi connectivity index (χ1) is 10.4. The van der Waals surface area contributed by atoms with E-state index in [1.54, 1.807) is 7.11 Å². The van der Waals surface area contributed by atoms with Gasteiger partial charge >= 0.3 is 6.03 Å². The van der Waals surface area contributed by atoms with E-state index < -0.39 is 0 Å².